The number of hydrogen-bond acceptors (Lipinski definition) is 9. The monoisotopic (exact) mass is 456 g/mol. The Hall–Kier alpha value is -3.43. The Morgan fingerprint density at radius 3 is 2.48 bits per heavy atom. The number of likely N-dealkylation sites (N-methyl/N-ethyl adjacent to an activating group) is 1. The quantitative estimate of drug-likeness (QED) is 0.364. The van der Waals surface area contributed by atoms with E-state index in [1.807, 2.05) is 0 Å². The molecule has 2 heterocycles. The summed E-state index contributed by atoms with van der Waals surface area (Å²) >= 11 is 0. The number of methoxy groups -OCH3 is 1. The lowest BCUT2D eigenvalue weighted by atomic mass is 10.1. The molecule has 9 nitrogen and oxygen atoms in total. The molecule has 9 heteroatoms. The van der Waals surface area contributed by atoms with Crippen molar-refractivity contribution in [1.82, 2.24) is 9.80 Å². The molecular formula is C24H28N2O7. The molecule has 3 aromatic rings. The highest BCUT2D eigenvalue weighted by Gasteiger charge is 2.21. The van der Waals surface area contributed by atoms with Gasteiger partial charge in [0.15, 0.2) is 17.3 Å². The number of ether oxygens (including phenoxy) is 2. The van der Waals surface area contributed by atoms with E-state index in [4.69, 9.17) is 13.9 Å². The molecule has 3 N–H and O–H groups in total. The topological polar surface area (TPSA) is 116 Å². The van der Waals surface area contributed by atoms with Crippen LogP contribution in [0.3, 0.4) is 0 Å². The zero-order valence-corrected chi connectivity index (χ0v) is 18.7. The molecule has 176 valence electrons. The lowest BCUT2D eigenvalue weighted by Gasteiger charge is -2.32. The fourth-order valence-electron chi connectivity index (χ4n) is 3.88. The van der Waals surface area contributed by atoms with E-state index in [-0.39, 0.29) is 33.8 Å². The summed E-state index contributed by atoms with van der Waals surface area (Å²) in [5.74, 6) is -0.756. The molecule has 0 atom stereocenters. The fraction of sp³-hybridized carbons (Fsp3) is 0.375. The molecule has 1 saturated heterocycles. The maximum absolute atomic E-state index is 13.0. The summed E-state index contributed by atoms with van der Waals surface area (Å²) in [7, 11) is 3.61. The summed E-state index contributed by atoms with van der Waals surface area (Å²) in [5.41, 5.74) is -0.247. The fourth-order valence-corrected chi connectivity index (χ4v) is 3.88. The zero-order chi connectivity index (χ0) is 23.5. The second-order valence-corrected chi connectivity index (χ2v) is 8.16. The van der Waals surface area contributed by atoms with Crippen LogP contribution in [0.25, 0.3) is 22.3 Å². The van der Waals surface area contributed by atoms with Crippen LogP contribution in [0.2, 0.25) is 0 Å². The number of nitrogens with zero attached hydrogens (tertiary/aromatic N) is 2. The van der Waals surface area contributed by atoms with E-state index in [0.29, 0.717) is 12.4 Å². The number of benzene rings is 2. The van der Waals surface area contributed by atoms with Gasteiger partial charge in [-0.3, -0.25) is 4.79 Å². The number of phenolic OH excluding ortho intramolecular Hbond substituents is 2. The Labute approximate surface area is 191 Å². The van der Waals surface area contributed by atoms with Crippen molar-refractivity contribution in [3.8, 4) is 40.1 Å². The Morgan fingerprint density at radius 1 is 1.03 bits per heavy atom. The van der Waals surface area contributed by atoms with Crippen molar-refractivity contribution < 1.29 is 29.2 Å². The van der Waals surface area contributed by atoms with Crippen LogP contribution in [0.15, 0.2) is 39.5 Å². The molecule has 2 aromatic carbocycles. The first kappa shape index (κ1) is 22.8. The van der Waals surface area contributed by atoms with Crippen molar-refractivity contribution in [2.24, 2.45) is 0 Å². The third-order valence-electron chi connectivity index (χ3n) is 5.85. The Kier molecular flexibility index (Phi) is 6.62. The molecule has 0 spiro atoms. The number of piperazine rings is 1. The molecule has 4 rings (SSSR count). The Morgan fingerprint density at radius 2 is 1.79 bits per heavy atom. The van der Waals surface area contributed by atoms with Crippen LogP contribution in [0.1, 0.15) is 6.42 Å². The van der Waals surface area contributed by atoms with Gasteiger partial charge in [0.2, 0.25) is 11.2 Å². The molecule has 0 amide bonds. The lowest BCUT2D eigenvalue weighted by Crippen LogP contribution is -2.44. The average molecular weight is 456 g/mol. The van der Waals surface area contributed by atoms with Crippen LogP contribution in [0.4, 0.5) is 0 Å². The van der Waals surface area contributed by atoms with E-state index in [0.717, 1.165) is 39.1 Å². The van der Waals surface area contributed by atoms with Gasteiger partial charge in [0.25, 0.3) is 0 Å². The average Bonchev–Trinajstić information content (AvgIpc) is 2.81. The predicted molar refractivity (Wildman–Crippen MR) is 124 cm³/mol. The van der Waals surface area contributed by atoms with Crippen LogP contribution in [0.5, 0.6) is 28.7 Å². The summed E-state index contributed by atoms with van der Waals surface area (Å²) in [6.45, 7) is 5.41. The number of hydrogen-bond donors (Lipinski definition) is 3. The van der Waals surface area contributed by atoms with Crippen molar-refractivity contribution in [2.75, 3.05) is 53.5 Å². The minimum absolute atomic E-state index is 0.111. The first-order valence-electron chi connectivity index (χ1n) is 10.8. The Bertz CT molecular complexity index is 1200. The Balaban J connectivity index is 1.61. The zero-order valence-electron chi connectivity index (χ0n) is 18.7. The summed E-state index contributed by atoms with van der Waals surface area (Å²) in [6, 6.07) is 7.01. The van der Waals surface area contributed by atoms with Gasteiger partial charge < -0.3 is 39.0 Å². The van der Waals surface area contributed by atoms with Gasteiger partial charge in [-0.05, 0) is 31.7 Å². The van der Waals surface area contributed by atoms with Gasteiger partial charge in [-0.2, -0.15) is 0 Å². The molecule has 1 aliphatic rings. The van der Waals surface area contributed by atoms with Gasteiger partial charge in [0.1, 0.15) is 22.5 Å². The predicted octanol–water partition coefficient (Wildman–Crippen LogP) is 2.60. The largest absolute Gasteiger partial charge is 0.504 e. The van der Waals surface area contributed by atoms with E-state index >= 15 is 0 Å². The van der Waals surface area contributed by atoms with E-state index in [1.54, 1.807) is 6.07 Å². The number of aromatic hydroxyl groups is 3. The molecule has 33 heavy (non-hydrogen) atoms. The molecule has 1 aromatic heterocycles. The lowest BCUT2D eigenvalue weighted by molar-refractivity contribution is 0.145. The van der Waals surface area contributed by atoms with Crippen LogP contribution in [-0.4, -0.2) is 78.6 Å². The molecule has 0 aliphatic carbocycles. The minimum Gasteiger partial charge on any atom is -0.504 e. The van der Waals surface area contributed by atoms with Crippen LogP contribution in [-0.2, 0) is 0 Å². The molecule has 0 radical (unpaired) electrons. The summed E-state index contributed by atoms with van der Waals surface area (Å²) in [5, 5.41) is 30.0. The first-order valence-corrected chi connectivity index (χ1v) is 10.8. The van der Waals surface area contributed by atoms with E-state index in [1.165, 1.54) is 31.4 Å². The molecule has 0 bridgehead atoms. The van der Waals surface area contributed by atoms with Gasteiger partial charge in [0.05, 0.1) is 13.7 Å². The molecular weight excluding hydrogens is 428 g/mol. The second kappa shape index (κ2) is 9.60. The van der Waals surface area contributed by atoms with Gasteiger partial charge in [-0.1, -0.05) is 0 Å². The van der Waals surface area contributed by atoms with Gasteiger partial charge in [0, 0.05) is 50.4 Å². The van der Waals surface area contributed by atoms with Gasteiger partial charge in [-0.25, -0.2) is 0 Å². The summed E-state index contributed by atoms with van der Waals surface area (Å²) in [6.07, 6.45) is 0.782. The number of rotatable bonds is 7. The van der Waals surface area contributed by atoms with Crippen LogP contribution >= 0.6 is 0 Å². The van der Waals surface area contributed by atoms with Crippen molar-refractivity contribution in [3.05, 3.63) is 40.6 Å². The second-order valence-electron chi connectivity index (χ2n) is 8.16. The minimum atomic E-state index is -0.657. The normalized spacial score (nSPS) is 15.1. The molecule has 1 aliphatic heterocycles. The van der Waals surface area contributed by atoms with E-state index in [9.17, 15) is 20.1 Å². The summed E-state index contributed by atoms with van der Waals surface area (Å²) in [4.78, 5) is 17.7. The third-order valence-corrected chi connectivity index (χ3v) is 5.85. The SMILES string of the molecule is COc1cc(OCCCN2CCN(C)CC2)c2c(=O)c(O)c(-c3ccc(O)c(O)c3)oc2c1. The molecule has 0 saturated carbocycles. The van der Waals surface area contributed by atoms with Gasteiger partial charge >= 0.3 is 0 Å². The van der Waals surface area contributed by atoms with Crippen molar-refractivity contribution in [3.63, 3.8) is 0 Å². The number of fused-ring (bicyclic) bond motifs is 1. The van der Waals surface area contributed by atoms with Crippen molar-refractivity contribution in [2.45, 2.75) is 6.42 Å². The van der Waals surface area contributed by atoms with Crippen LogP contribution < -0.4 is 14.9 Å². The van der Waals surface area contributed by atoms with E-state index < -0.39 is 16.9 Å². The molecule has 0 unspecified atom stereocenters. The maximum atomic E-state index is 13.0. The maximum Gasteiger partial charge on any atom is 0.238 e. The third kappa shape index (κ3) is 4.84. The highest BCUT2D eigenvalue weighted by molar-refractivity contribution is 5.88. The van der Waals surface area contributed by atoms with E-state index in [2.05, 4.69) is 16.8 Å². The van der Waals surface area contributed by atoms with Gasteiger partial charge in [-0.15, -0.1) is 0 Å². The van der Waals surface area contributed by atoms with Crippen molar-refractivity contribution >= 4 is 11.0 Å². The standard InChI is InChI=1S/C24H28N2O7/c1-25-7-9-26(10-8-25)6-3-11-32-19-13-16(31-2)14-20-21(19)22(29)23(30)24(33-20)15-4-5-17(27)18(28)12-15/h4-5,12-14,27-28,30H,3,6-11H2,1-2H3. The highest BCUT2D eigenvalue weighted by Crippen LogP contribution is 2.38. The highest BCUT2D eigenvalue weighted by atomic mass is 16.5. The summed E-state index contributed by atoms with van der Waals surface area (Å²) < 4.78 is 17.1. The number of phenols is 2. The molecule has 1 fully saturated rings. The smallest absolute Gasteiger partial charge is 0.238 e. The van der Waals surface area contributed by atoms with Crippen molar-refractivity contribution in [1.29, 1.82) is 0 Å². The van der Waals surface area contributed by atoms with Crippen LogP contribution in [0, 0.1) is 0 Å². The first-order chi connectivity index (χ1) is 15.9.